The maximum Gasteiger partial charge on any atom is 0.350 e. The number of aryl methyl sites for hydroxylation is 2. The van der Waals surface area contributed by atoms with Crippen molar-refractivity contribution in [2.24, 2.45) is 4.99 Å². The van der Waals surface area contributed by atoms with Crippen molar-refractivity contribution in [3.8, 4) is 0 Å². The van der Waals surface area contributed by atoms with Crippen molar-refractivity contribution in [1.29, 1.82) is 0 Å². The first-order chi connectivity index (χ1) is 12.5. The van der Waals surface area contributed by atoms with Crippen LogP contribution in [0.15, 0.2) is 23.3 Å². The van der Waals surface area contributed by atoms with Gasteiger partial charge in [0.05, 0.1) is 30.6 Å². The standard InChI is InChI=1S/C18H25N5O2S/c1-6-25-17(24)15-12(3)22-16(26-15)13(4)23-18(19-5)21-10-14-11(2)8-7-9-20-14/h7-9,13H,6,10H2,1-5H3,(H2,19,21,23). The summed E-state index contributed by atoms with van der Waals surface area (Å²) in [5.74, 6) is 0.321. The average Bonchev–Trinajstić information content (AvgIpc) is 3.02. The molecular weight excluding hydrogens is 350 g/mol. The summed E-state index contributed by atoms with van der Waals surface area (Å²) in [6, 6.07) is 3.84. The maximum absolute atomic E-state index is 12.0. The second kappa shape index (κ2) is 9.28. The molecule has 0 amide bonds. The van der Waals surface area contributed by atoms with Crippen LogP contribution < -0.4 is 10.6 Å². The number of pyridine rings is 1. The third kappa shape index (κ3) is 5.01. The zero-order valence-corrected chi connectivity index (χ0v) is 16.6. The number of carbonyl (C=O) groups excluding carboxylic acids is 1. The second-order valence-corrected chi connectivity index (χ2v) is 6.78. The Morgan fingerprint density at radius 2 is 2.19 bits per heavy atom. The van der Waals surface area contributed by atoms with Crippen molar-refractivity contribution in [3.63, 3.8) is 0 Å². The van der Waals surface area contributed by atoms with Gasteiger partial charge in [0.1, 0.15) is 9.88 Å². The Kier molecular flexibility index (Phi) is 7.08. The number of esters is 1. The Morgan fingerprint density at radius 3 is 2.85 bits per heavy atom. The average molecular weight is 375 g/mol. The van der Waals surface area contributed by atoms with Gasteiger partial charge in [-0.2, -0.15) is 0 Å². The van der Waals surface area contributed by atoms with Crippen LogP contribution in [0.25, 0.3) is 0 Å². The Labute approximate surface area is 157 Å². The van der Waals surface area contributed by atoms with Crippen molar-refractivity contribution in [2.75, 3.05) is 13.7 Å². The predicted octanol–water partition coefficient (Wildman–Crippen LogP) is 2.76. The van der Waals surface area contributed by atoms with E-state index in [1.54, 1.807) is 20.2 Å². The summed E-state index contributed by atoms with van der Waals surface area (Å²) in [6.07, 6.45) is 1.78. The molecule has 26 heavy (non-hydrogen) atoms. The summed E-state index contributed by atoms with van der Waals surface area (Å²) in [7, 11) is 1.71. The molecule has 2 rings (SSSR count). The van der Waals surface area contributed by atoms with E-state index in [1.807, 2.05) is 32.9 Å². The highest BCUT2D eigenvalue weighted by Crippen LogP contribution is 2.24. The Balaban J connectivity index is 2.01. The number of guanidine groups is 1. The van der Waals surface area contributed by atoms with E-state index in [4.69, 9.17) is 4.74 Å². The van der Waals surface area contributed by atoms with Crippen LogP contribution in [0.3, 0.4) is 0 Å². The minimum Gasteiger partial charge on any atom is -0.462 e. The van der Waals surface area contributed by atoms with E-state index in [2.05, 4.69) is 25.6 Å². The van der Waals surface area contributed by atoms with E-state index in [9.17, 15) is 4.79 Å². The molecule has 0 radical (unpaired) electrons. The molecule has 0 aliphatic carbocycles. The van der Waals surface area contributed by atoms with Gasteiger partial charge in [0.25, 0.3) is 0 Å². The fourth-order valence-corrected chi connectivity index (χ4v) is 3.28. The Morgan fingerprint density at radius 1 is 1.42 bits per heavy atom. The Bertz CT molecular complexity index is 788. The van der Waals surface area contributed by atoms with Crippen LogP contribution in [-0.2, 0) is 11.3 Å². The molecule has 2 aromatic rings. The third-order valence-electron chi connectivity index (χ3n) is 3.76. The number of nitrogens with zero attached hydrogens (tertiary/aromatic N) is 3. The van der Waals surface area contributed by atoms with Crippen LogP contribution in [-0.4, -0.2) is 35.6 Å². The van der Waals surface area contributed by atoms with Gasteiger partial charge in [-0.3, -0.25) is 9.98 Å². The van der Waals surface area contributed by atoms with Gasteiger partial charge in [0.15, 0.2) is 5.96 Å². The predicted molar refractivity (Wildman–Crippen MR) is 104 cm³/mol. The first kappa shape index (κ1) is 19.8. The number of ether oxygens (including phenoxy) is 1. The van der Waals surface area contributed by atoms with Gasteiger partial charge in [-0.1, -0.05) is 6.07 Å². The first-order valence-electron chi connectivity index (χ1n) is 8.48. The number of hydrogen-bond donors (Lipinski definition) is 2. The van der Waals surface area contributed by atoms with Crippen LogP contribution in [0.2, 0.25) is 0 Å². The van der Waals surface area contributed by atoms with E-state index >= 15 is 0 Å². The third-order valence-corrected chi connectivity index (χ3v) is 5.08. The topological polar surface area (TPSA) is 88.5 Å². The summed E-state index contributed by atoms with van der Waals surface area (Å²) < 4.78 is 5.07. The van der Waals surface area contributed by atoms with Gasteiger partial charge in [-0.05, 0) is 39.3 Å². The smallest absolute Gasteiger partial charge is 0.350 e. The molecule has 0 aliphatic rings. The van der Waals surface area contributed by atoms with Crippen LogP contribution in [0.4, 0.5) is 0 Å². The monoisotopic (exact) mass is 375 g/mol. The van der Waals surface area contributed by atoms with Gasteiger partial charge in [0, 0.05) is 13.2 Å². The Hall–Kier alpha value is -2.48. The molecule has 1 atom stereocenters. The quantitative estimate of drug-likeness (QED) is 0.458. The van der Waals surface area contributed by atoms with Gasteiger partial charge >= 0.3 is 5.97 Å². The summed E-state index contributed by atoms with van der Waals surface area (Å²) in [5, 5.41) is 7.35. The highest BCUT2D eigenvalue weighted by molar-refractivity contribution is 7.13. The van der Waals surface area contributed by atoms with Crippen molar-refractivity contribution in [1.82, 2.24) is 20.6 Å². The molecule has 1 unspecified atom stereocenters. The largest absolute Gasteiger partial charge is 0.462 e. The number of aromatic nitrogens is 2. The van der Waals surface area contributed by atoms with Crippen LogP contribution >= 0.6 is 11.3 Å². The van der Waals surface area contributed by atoms with Crippen molar-refractivity contribution in [2.45, 2.75) is 40.3 Å². The molecule has 0 fully saturated rings. The molecule has 2 aromatic heterocycles. The van der Waals surface area contributed by atoms with E-state index in [-0.39, 0.29) is 12.0 Å². The number of thiazole rings is 1. The molecular formula is C18H25N5O2S. The normalized spacial score (nSPS) is 12.6. The van der Waals surface area contributed by atoms with Gasteiger partial charge in [0.2, 0.25) is 0 Å². The molecule has 0 spiro atoms. The summed E-state index contributed by atoms with van der Waals surface area (Å²) in [5.41, 5.74) is 2.78. The molecule has 0 aromatic carbocycles. The molecule has 0 aliphatic heterocycles. The fraction of sp³-hybridized carbons (Fsp3) is 0.444. The summed E-state index contributed by atoms with van der Waals surface area (Å²) in [4.78, 5) is 25.6. The number of carbonyl (C=O) groups is 1. The number of nitrogens with one attached hydrogen (secondary N) is 2. The van der Waals surface area contributed by atoms with Crippen LogP contribution in [0.5, 0.6) is 0 Å². The minimum atomic E-state index is -0.325. The first-order valence-corrected chi connectivity index (χ1v) is 9.30. The minimum absolute atomic E-state index is 0.0992. The van der Waals surface area contributed by atoms with Crippen molar-refractivity contribution >= 4 is 23.3 Å². The molecule has 0 saturated heterocycles. The number of rotatable bonds is 6. The SMILES string of the molecule is CCOC(=O)c1sc(C(C)NC(=NC)NCc2ncccc2C)nc1C. The number of hydrogen-bond acceptors (Lipinski definition) is 6. The molecule has 0 bridgehead atoms. The van der Waals surface area contributed by atoms with Gasteiger partial charge < -0.3 is 15.4 Å². The van der Waals surface area contributed by atoms with Crippen LogP contribution in [0, 0.1) is 13.8 Å². The lowest BCUT2D eigenvalue weighted by Crippen LogP contribution is -2.38. The molecule has 2 N–H and O–H groups in total. The van der Waals surface area contributed by atoms with E-state index in [0.29, 0.717) is 29.7 Å². The van der Waals surface area contributed by atoms with Gasteiger partial charge in [-0.25, -0.2) is 9.78 Å². The van der Waals surface area contributed by atoms with Crippen molar-refractivity contribution < 1.29 is 9.53 Å². The molecule has 2 heterocycles. The second-order valence-electron chi connectivity index (χ2n) is 5.75. The van der Waals surface area contributed by atoms with E-state index < -0.39 is 0 Å². The van der Waals surface area contributed by atoms with Crippen molar-refractivity contribution in [3.05, 3.63) is 45.2 Å². The highest BCUT2D eigenvalue weighted by atomic mass is 32.1. The maximum atomic E-state index is 12.0. The number of aliphatic imine (C=N–C) groups is 1. The summed E-state index contributed by atoms with van der Waals surface area (Å²) in [6.45, 7) is 8.53. The molecule has 8 heteroatoms. The molecule has 7 nitrogen and oxygen atoms in total. The lowest BCUT2D eigenvalue weighted by atomic mass is 10.2. The van der Waals surface area contributed by atoms with E-state index in [1.165, 1.54) is 11.3 Å². The lowest BCUT2D eigenvalue weighted by molar-refractivity contribution is 0.0531. The fourth-order valence-electron chi connectivity index (χ4n) is 2.32. The zero-order valence-electron chi connectivity index (χ0n) is 15.8. The zero-order chi connectivity index (χ0) is 19.1. The van der Waals surface area contributed by atoms with Crippen LogP contribution in [0.1, 0.15) is 51.5 Å². The molecule has 140 valence electrons. The summed E-state index contributed by atoms with van der Waals surface area (Å²) >= 11 is 1.34. The highest BCUT2D eigenvalue weighted by Gasteiger charge is 2.20. The van der Waals surface area contributed by atoms with E-state index in [0.717, 1.165) is 16.3 Å². The van der Waals surface area contributed by atoms with Gasteiger partial charge in [-0.15, -0.1) is 11.3 Å². The lowest BCUT2D eigenvalue weighted by Gasteiger charge is -2.16. The molecule has 0 saturated carbocycles.